The van der Waals surface area contributed by atoms with Crippen LogP contribution in [0.5, 0.6) is 0 Å². The molecule has 0 amide bonds. The van der Waals surface area contributed by atoms with Gasteiger partial charge in [0.05, 0.1) is 0 Å². The van der Waals surface area contributed by atoms with Gasteiger partial charge in [0, 0.05) is 10.2 Å². The van der Waals surface area contributed by atoms with E-state index in [1.165, 1.54) is 16.7 Å². The Morgan fingerprint density at radius 3 is 2.17 bits per heavy atom. The second-order valence-corrected chi connectivity index (χ2v) is 5.06. The van der Waals surface area contributed by atoms with Gasteiger partial charge in [0.2, 0.25) is 0 Å². The van der Waals surface area contributed by atoms with E-state index in [-0.39, 0.29) is 0 Å². The molecule has 0 saturated heterocycles. The predicted octanol–water partition coefficient (Wildman–Crippen LogP) is -0.0724. The first-order chi connectivity index (χ1) is 2.77. The Kier molecular flexibility index (Phi) is 4.71. The molecule has 0 bridgehead atoms. The lowest BCUT2D eigenvalue weighted by molar-refractivity contribution is 1.07. The molecule has 1 unspecified atom stereocenters. The minimum Gasteiger partial charge on any atom is -0.180 e. The Balaban J connectivity index is 2.63. The van der Waals surface area contributed by atoms with Crippen molar-refractivity contribution in [2.24, 2.45) is 0 Å². The molecule has 0 rings (SSSR count). The fourth-order valence-electron chi connectivity index (χ4n) is 0.187. The van der Waals surface area contributed by atoms with Gasteiger partial charge in [-0.15, -0.1) is 0 Å². The Hall–Kier alpha value is 0.917. The van der Waals surface area contributed by atoms with E-state index in [0.29, 0.717) is 4.87 Å². The van der Waals surface area contributed by atoms with Crippen molar-refractivity contribution in [3.63, 3.8) is 0 Å². The Morgan fingerprint density at radius 2 is 2.17 bits per heavy atom. The minimum atomic E-state index is 0.655. The highest BCUT2D eigenvalue weighted by atomic mass is 32.1. The molecule has 0 saturated carbocycles. The topological polar surface area (TPSA) is 0 Å². The molecular formula is C3H10S2Si. The van der Waals surface area contributed by atoms with E-state index in [0.717, 1.165) is 5.75 Å². The predicted molar refractivity (Wildman–Crippen MR) is 41.2 cm³/mol. The molecule has 0 radical (unpaired) electrons. The monoisotopic (exact) mass is 138 g/mol. The quantitative estimate of drug-likeness (QED) is 0.387. The molecular weight excluding hydrogens is 128 g/mol. The average Bonchev–Trinajstić information content (AvgIpc) is 1.35. The molecule has 0 aliphatic heterocycles. The Morgan fingerprint density at radius 1 is 1.67 bits per heavy atom. The van der Waals surface area contributed by atoms with Gasteiger partial charge in [-0.3, -0.25) is 0 Å². The van der Waals surface area contributed by atoms with Crippen LogP contribution in [0.2, 0.25) is 0 Å². The van der Waals surface area contributed by atoms with Gasteiger partial charge in [0.1, 0.15) is 0 Å². The molecule has 0 aliphatic rings. The van der Waals surface area contributed by atoms with Crippen LogP contribution in [-0.4, -0.2) is 20.9 Å². The molecule has 0 heterocycles. The van der Waals surface area contributed by atoms with Gasteiger partial charge in [-0.1, -0.05) is 0 Å². The summed E-state index contributed by atoms with van der Waals surface area (Å²) in [6, 6.07) is 0. The van der Waals surface area contributed by atoms with Crippen molar-refractivity contribution in [1.82, 2.24) is 0 Å². The van der Waals surface area contributed by atoms with Crippen molar-refractivity contribution in [3.05, 3.63) is 0 Å². The fraction of sp³-hybridized carbons (Fsp3) is 1.00. The summed E-state index contributed by atoms with van der Waals surface area (Å²) >= 11 is 8.22. The van der Waals surface area contributed by atoms with Crippen LogP contribution in [0, 0.1) is 0 Å². The highest BCUT2D eigenvalue weighted by Gasteiger charge is 1.87. The summed E-state index contributed by atoms with van der Waals surface area (Å²) < 4.78 is 0. The maximum atomic E-state index is 4.19. The normalized spacial score (nSPS) is 15.0. The third kappa shape index (κ3) is 4.92. The van der Waals surface area contributed by atoms with E-state index < -0.39 is 0 Å². The largest absolute Gasteiger partial charge is 0.180 e. The second kappa shape index (κ2) is 4.09. The summed E-state index contributed by atoms with van der Waals surface area (Å²) in [7, 11) is 1.19. The first kappa shape index (κ1) is 6.92. The standard InChI is InChI=1S/C3H10S2Si/c4-2-1-3(5)6/h3-5H,1-2H2,6H3. The fourth-order valence-corrected chi connectivity index (χ4v) is 1.68. The molecule has 3 heteroatoms. The van der Waals surface area contributed by atoms with E-state index in [1.807, 2.05) is 0 Å². The van der Waals surface area contributed by atoms with Gasteiger partial charge in [-0.25, -0.2) is 0 Å². The van der Waals surface area contributed by atoms with Crippen molar-refractivity contribution >= 4 is 35.5 Å². The van der Waals surface area contributed by atoms with Crippen molar-refractivity contribution < 1.29 is 0 Å². The zero-order chi connectivity index (χ0) is 4.99. The smallest absolute Gasteiger partial charge is 0.0189 e. The lowest BCUT2D eigenvalue weighted by Crippen LogP contribution is -1.95. The first-order valence-electron chi connectivity index (χ1n) is 2.06. The SMILES string of the molecule is [SiH3]C(S)CCS. The van der Waals surface area contributed by atoms with Crippen LogP contribution >= 0.6 is 25.3 Å². The summed E-state index contributed by atoms with van der Waals surface area (Å²) in [5.41, 5.74) is 0. The van der Waals surface area contributed by atoms with Gasteiger partial charge in [0.25, 0.3) is 0 Å². The summed E-state index contributed by atoms with van der Waals surface area (Å²) in [6.45, 7) is 0. The van der Waals surface area contributed by atoms with E-state index in [4.69, 9.17) is 0 Å². The third-order valence-electron chi connectivity index (χ3n) is 0.547. The molecule has 0 spiro atoms. The van der Waals surface area contributed by atoms with E-state index in [2.05, 4.69) is 25.3 Å². The third-order valence-corrected chi connectivity index (χ3v) is 1.64. The molecule has 38 valence electrons. The van der Waals surface area contributed by atoms with E-state index in [9.17, 15) is 0 Å². The lowest BCUT2D eigenvalue weighted by Gasteiger charge is -1.94. The first-order valence-corrected chi connectivity index (χ1v) is 4.36. The van der Waals surface area contributed by atoms with E-state index >= 15 is 0 Å². The van der Waals surface area contributed by atoms with E-state index in [1.54, 1.807) is 0 Å². The van der Waals surface area contributed by atoms with Gasteiger partial charge in [-0.2, -0.15) is 25.3 Å². The zero-order valence-electron chi connectivity index (χ0n) is 3.89. The molecule has 6 heavy (non-hydrogen) atoms. The number of hydrogen-bond donors (Lipinski definition) is 2. The highest BCUT2D eigenvalue weighted by Crippen LogP contribution is 1.94. The number of rotatable bonds is 2. The van der Waals surface area contributed by atoms with Crippen molar-refractivity contribution in [2.45, 2.75) is 11.3 Å². The highest BCUT2D eigenvalue weighted by molar-refractivity contribution is 7.82. The molecule has 1 atom stereocenters. The number of hydrogen-bond acceptors (Lipinski definition) is 2. The maximum absolute atomic E-state index is 4.19. The van der Waals surface area contributed by atoms with Crippen molar-refractivity contribution in [3.8, 4) is 0 Å². The molecule has 0 N–H and O–H groups in total. The van der Waals surface area contributed by atoms with Crippen LogP contribution in [0.4, 0.5) is 0 Å². The van der Waals surface area contributed by atoms with Gasteiger partial charge < -0.3 is 0 Å². The van der Waals surface area contributed by atoms with Crippen LogP contribution in [0.1, 0.15) is 6.42 Å². The second-order valence-electron chi connectivity index (χ2n) is 1.36. The van der Waals surface area contributed by atoms with Crippen LogP contribution in [0.25, 0.3) is 0 Å². The minimum absolute atomic E-state index is 0.655. The zero-order valence-corrected chi connectivity index (χ0v) is 7.67. The Labute approximate surface area is 53.0 Å². The van der Waals surface area contributed by atoms with Crippen LogP contribution in [0.3, 0.4) is 0 Å². The van der Waals surface area contributed by atoms with Gasteiger partial charge >= 0.3 is 0 Å². The molecule has 0 aromatic rings. The maximum Gasteiger partial charge on any atom is 0.0189 e. The van der Waals surface area contributed by atoms with Crippen molar-refractivity contribution in [2.75, 3.05) is 5.75 Å². The van der Waals surface area contributed by atoms with Crippen molar-refractivity contribution in [1.29, 1.82) is 0 Å². The van der Waals surface area contributed by atoms with Crippen LogP contribution < -0.4 is 0 Å². The van der Waals surface area contributed by atoms with Crippen LogP contribution in [-0.2, 0) is 0 Å². The molecule has 0 fully saturated rings. The van der Waals surface area contributed by atoms with Gasteiger partial charge in [0.15, 0.2) is 0 Å². The molecule has 0 aromatic carbocycles. The molecule has 0 aromatic heterocycles. The summed E-state index contributed by atoms with van der Waals surface area (Å²) in [6.07, 6.45) is 1.17. The molecule has 0 aliphatic carbocycles. The van der Waals surface area contributed by atoms with Gasteiger partial charge in [-0.05, 0) is 17.0 Å². The summed E-state index contributed by atoms with van der Waals surface area (Å²) in [5, 5.41) is 0. The Bertz CT molecular complexity index is 30.0. The lowest BCUT2D eigenvalue weighted by atomic mass is 10.6. The number of thiol groups is 2. The summed E-state index contributed by atoms with van der Waals surface area (Å²) in [5.74, 6) is 0.984. The van der Waals surface area contributed by atoms with Crippen LogP contribution in [0.15, 0.2) is 0 Å². The summed E-state index contributed by atoms with van der Waals surface area (Å²) in [4.78, 5) is 0.655. The average molecular weight is 138 g/mol. The molecule has 0 nitrogen and oxygen atoms in total.